The Bertz CT molecular complexity index is 570. The summed E-state index contributed by atoms with van der Waals surface area (Å²) in [6, 6.07) is 15.8. The molecule has 2 nitrogen and oxygen atoms in total. The number of aliphatic hydroxyl groups excluding tert-OH is 1. The van der Waals surface area contributed by atoms with E-state index in [1.54, 1.807) is 0 Å². The Hall–Kier alpha value is -1.51. The third kappa shape index (κ3) is 3.33. The summed E-state index contributed by atoms with van der Waals surface area (Å²) < 4.78 is 0. The maximum atomic E-state index is 10.1. The first-order chi connectivity index (χ1) is 9.63. The van der Waals surface area contributed by atoms with Gasteiger partial charge in [0, 0.05) is 29.9 Å². The van der Waals surface area contributed by atoms with Gasteiger partial charge in [0.2, 0.25) is 0 Å². The number of para-hydroxylation sites is 1. The molecule has 0 radical (unpaired) electrons. The van der Waals surface area contributed by atoms with Gasteiger partial charge in [-0.15, -0.1) is 0 Å². The number of anilines is 1. The lowest BCUT2D eigenvalue weighted by Crippen LogP contribution is -2.19. The van der Waals surface area contributed by atoms with Crippen molar-refractivity contribution in [3.63, 3.8) is 0 Å². The largest absolute Gasteiger partial charge is 0.388 e. The molecular formula is C17H20ClNO. The third-order valence-electron chi connectivity index (χ3n) is 3.46. The number of hydrogen-bond acceptors (Lipinski definition) is 2. The lowest BCUT2D eigenvalue weighted by atomic mass is 10.0. The molecule has 1 unspecified atom stereocenters. The molecule has 0 fully saturated rings. The Morgan fingerprint density at radius 2 is 1.75 bits per heavy atom. The second-order valence-corrected chi connectivity index (χ2v) is 5.34. The van der Waals surface area contributed by atoms with Gasteiger partial charge in [0.05, 0.1) is 6.10 Å². The first kappa shape index (κ1) is 14.9. The number of aliphatic hydroxyl groups is 1. The van der Waals surface area contributed by atoms with Crippen LogP contribution in [0.3, 0.4) is 0 Å². The van der Waals surface area contributed by atoms with E-state index in [9.17, 15) is 5.11 Å². The van der Waals surface area contributed by atoms with E-state index in [2.05, 4.69) is 4.90 Å². The van der Waals surface area contributed by atoms with Gasteiger partial charge >= 0.3 is 0 Å². The molecule has 0 amide bonds. The summed E-state index contributed by atoms with van der Waals surface area (Å²) >= 11 is 6.21. The maximum Gasteiger partial charge on any atom is 0.0807 e. The van der Waals surface area contributed by atoms with Gasteiger partial charge < -0.3 is 10.0 Å². The van der Waals surface area contributed by atoms with Gasteiger partial charge in [-0.25, -0.2) is 0 Å². The monoisotopic (exact) mass is 289 g/mol. The summed E-state index contributed by atoms with van der Waals surface area (Å²) in [7, 11) is 2.02. The minimum absolute atomic E-state index is 0.431. The molecule has 0 saturated carbocycles. The molecule has 0 bridgehead atoms. The minimum atomic E-state index is -0.431. The van der Waals surface area contributed by atoms with E-state index < -0.39 is 6.10 Å². The van der Waals surface area contributed by atoms with Crippen LogP contribution in [0.25, 0.3) is 0 Å². The standard InChI is InChI=1S/C17H20ClNO/c1-3-17(20)14-9-5-7-11-16(14)19(2)12-13-8-4-6-10-15(13)18/h4-11,17,20H,3,12H2,1-2H3. The lowest BCUT2D eigenvalue weighted by Gasteiger charge is -2.24. The van der Waals surface area contributed by atoms with Crippen molar-refractivity contribution in [2.75, 3.05) is 11.9 Å². The van der Waals surface area contributed by atoms with Crippen molar-refractivity contribution < 1.29 is 5.11 Å². The molecule has 20 heavy (non-hydrogen) atoms. The first-order valence-electron chi connectivity index (χ1n) is 6.85. The van der Waals surface area contributed by atoms with Crippen molar-refractivity contribution in [3.05, 3.63) is 64.7 Å². The average molecular weight is 290 g/mol. The van der Waals surface area contributed by atoms with Crippen molar-refractivity contribution in [1.82, 2.24) is 0 Å². The van der Waals surface area contributed by atoms with Gasteiger partial charge in [-0.2, -0.15) is 0 Å². The molecule has 0 aliphatic carbocycles. The van der Waals surface area contributed by atoms with E-state index in [1.807, 2.05) is 62.5 Å². The predicted octanol–water partition coefficient (Wildman–Crippen LogP) is 4.42. The molecule has 0 aromatic heterocycles. The number of halogens is 1. The van der Waals surface area contributed by atoms with Gasteiger partial charge in [0.15, 0.2) is 0 Å². The Morgan fingerprint density at radius 3 is 2.45 bits per heavy atom. The molecule has 0 aliphatic rings. The second kappa shape index (κ2) is 6.78. The Labute approximate surface area is 125 Å². The average Bonchev–Trinajstić information content (AvgIpc) is 2.48. The maximum absolute atomic E-state index is 10.1. The Balaban J connectivity index is 2.26. The molecular weight excluding hydrogens is 270 g/mol. The van der Waals surface area contributed by atoms with Crippen molar-refractivity contribution >= 4 is 17.3 Å². The van der Waals surface area contributed by atoms with Crippen molar-refractivity contribution in [1.29, 1.82) is 0 Å². The fourth-order valence-electron chi connectivity index (χ4n) is 2.30. The Kier molecular flexibility index (Phi) is 5.05. The minimum Gasteiger partial charge on any atom is -0.388 e. The molecule has 0 saturated heterocycles. The molecule has 3 heteroatoms. The quantitative estimate of drug-likeness (QED) is 0.881. The highest BCUT2D eigenvalue weighted by Crippen LogP contribution is 2.29. The first-order valence-corrected chi connectivity index (χ1v) is 7.22. The van der Waals surface area contributed by atoms with Gasteiger partial charge in [-0.05, 0) is 24.1 Å². The molecule has 2 rings (SSSR count). The number of benzene rings is 2. The molecule has 0 aliphatic heterocycles. The molecule has 2 aromatic carbocycles. The van der Waals surface area contributed by atoms with E-state index in [0.29, 0.717) is 13.0 Å². The van der Waals surface area contributed by atoms with Crippen molar-refractivity contribution in [2.45, 2.75) is 26.0 Å². The number of nitrogens with zero attached hydrogens (tertiary/aromatic N) is 1. The van der Waals surface area contributed by atoms with Crippen LogP contribution in [0.5, 0.6) is 0 Å². The van der Waals surface area contributed by atoms with E-state index in [-0.39, 0.29) is 0 Å². The zero-order chi connectivity index (χ0) is 14.5. The van der Waals surface area contributed by atoms with Gasteiger partial charge in [-0.1, -0.05) is 54.9 Å². The van der Waals surface area contributed by atoms with Crippen LogP contribution in [0.1, 0.15) is 30.6 Å². The van der Waals surface area contributed by atoms with Crippen molar-refractivity contribution in [2.24, 2.45) is 0 Å². The summed E-state index contributed by atoms with van der Waals surface area (Å²) in [5.41, 5.74) is 3.09. The fourth-order valence-corrected chi connectivity index (χ4v) is 2.50. The van der Waals surface area contributed by atoms with Crippen LogP contribution in [-0.2, 0) is 6.54 Å². The van der Waals surface area contributed by atoms with Gasteiger partial charge in [-0.3, -0.25) is 0 Å². The highest BCUT2D eigenvalue weighted by molar-refractivity contribution is 6.31. The predicted molar refractivity (Wildman–Crippen MR) is 85.3 cm³/mol. The molecule has 2 aromatic rings. The smallest absolute Gasteiger partial charge is 0.0807 e. The highest BCUT2D eigenvalue weighted by atomic mass is 35.5. The highest BCUT2D eigenvalue weighted by Gasteiger charge is 2.13. The molecule has 1 atom stereocenters. The van der Waals surface area contributed by atoms with E-state index >= 15 is 0 Å². The normalized spacial score (nSPS) is 12.2. The number of rotatable bonds is 5. The second-order valence-electron chi connectivity index (χ2n) is 4.93. The van der Waals surface area contributed by atoms with Crippen LogP contribution in [0.2, 0.25) is 5.02 Å². The van der Waals surface area contributed by atoms with Crippen LogP contribution >= 0.6 is 11.6 Å². The van der Waals surface area contributed by atoms with Gasteiger partial charge in [0.1, 0.15) is 0 Å². The van der Waals surface area contributed by atoms with E-state index in [4.69, 9.17) is 11.6 Å². The third-order valence-corrected chi connectivity index (χ3v) is 3.83. The van der Waals surface area contributed by atoms with Crippen LogP contribution in [0.4, 0.5) is 5.69 Å². The fraction of sp³-hybridized carbons (Fsp3) is 0.294. The van der Waals surface area contributed by atoms with Gasteiger partial charge in [0.25, 0.3) is 0 Å². The SMILES string of the molecule is CCC(O)c1ccccc1N(C)Cc1ccccc1Cl. The zero-order valence-corrected chi connectivity index (χ0v) is 12.6. The summed E-state index contributed by atoms with van der Waals surface area (Å²) in [4.78, 5) is 2.12. The van der Waals surface area contributed by atoms with Crippen LogP contribution in [0.15, 0.2) is 48.5 Å². The summed E-state index contributed by atoms with van der Waals surface area (Å²) in [6.07, 6.45) is 0.275. The van der Waals surface area contributed by atoms with Crippen LogP contribution in [-0.4, -0.2) is 12.2 Å². The molecule has 0 spiro atoms. The summed E-state index contributed by atoms with van der Waals surface area (Å²) in [6.45, 7) is 2.70. The van der Waals surface area contributed by atoms with E-state index in [1.165, 1.54) is 0 Å². The lowest BCUT2D eigenvalue weighted by molar-refractivity contribution is 0.174. The van der Waals surface area contributed by atoms with Crippen molar-refractivity contribution in [3.8, 4) is 0 Å². The molecule has 106 valence electrons. The van der Waals surface area contributed by atoms with Crippen LogP contribution in [0, 0.1) is 0 Å². The number of hydrogen-bond donors (Lipinski definition) is 1. The zero-order valence-electron chi connectivity index (χ0n) is 11.9. The van der Waals surface area contributed by atoms with E-state index in [0.717, 1.165) is 21.8 Å². The Morgan fingerprint density at radius 1 is 1.10 bits per heavy atom. The molecule has 1 N–H and O–H groups in total. The summed E-state index contributed by atoms with van der Waals surface area (Å²) in [5, 5.41) is 10.9. The molecule has 0 heterocycles. The topological polar surface area (TPSA) is 23.5 Å². The van der Waals surface area contributed by atoms with Crippen LogP contribution < -0.4 is 4.90 Å². The summed E-state index contributed by atoms with van der Waals surface area (Å²) in [5.74, 6) is 0.